The highest BCUT2D eigenvalue weighted by Gasteiger charge is 2.32. The van der Waals surface area contributed by atoms with Gasteiger partial charge < -0.3 is 15.8 Å². The molecule has 2 aromatic heterocycles. The van der Waals surface area contributed by atoms with Crippen LogP contribution in [0.4, 0.5) is 23.8 Å². The highest BCUT2D eigenvalue weighted by molar-refractivity contribution is 5.91. The number of hydrogen-bond donors (Lipinski definition) is 2. The lowest BCUT2D eigenvalue weighted by atomic mass is 9.91. The van der Waals surface area contributed by atoms with E-state index in [9.17, 15) is 18.0 Å². The number of nitrogens with zero attached hydrogens (tertiary/aromatic N) is 5. The number of urea groups is 1. The van der Waals surface area contributed by atoms with Gasteiger partial charge in [-0.25, -0.2) is 32.9 Å². The van der Waals surface area contributed by atoms with Gasteiger partial charge in [-0.15, -0.1) is 0 Å². The minimum absolute atomic E-state index is 0.00433. The molecule has 0 saturated heterocycles. The summed E-state index contributed by atoms with van der Waals surface area (Å²) in [6, 6.07) is -1.16. The van der Waals surface area contributed by atoms with Crippen LogP contribution in [0.25, 0.3) is 11.3 Å². The second kappa shape index (κ2) is 9.65. The minimum atomic E-state index is -3.33. The normalized spacial score (nSPS) is 19.9. The SMILES string of the molecule is COc1ncc(-c2cnc(N(C(=O)NC(F)C(F)F)C3CCC(N)CC3)cn2)cn1. The number of nitrogens with two attached hydrogens (primary N) is 1. The first-order valence-electron chi connectivity index (χ1n) is 9.35. The summed E-state index contributed by atoms with van der Waals surface area (Å²) in [5.41, 5.74) is 6.91. The molecule has 2 amide bonds. The predicted molar refractivity (Wildman–Crippen MR) is 102 cm³/mol. The number of alkyl halides is 3. The van der Waals surface area contributed by atoms with Crippen molar-refractivity contribution in [3.63, 3.8) is 0 Å². The van der Waals surface area contributed by atoms with Crippen molar-refractivity contribution < 1.29 is 22.7 Å². The number of amides is 2. The van der Waals surface area contributed by atoms with E-state index in [1.54, 1.807) is 5.32 Å². The van der Waals surface area contributed by atoms with Crippen LogP contribution in [0.3, 0.4) is 0 Å². The Bertz CT molecular complexity index is 831. The third kappa shape index (κ3) is 5.12. The third-order valence-electron chi connectivity index (χ3n) is 4.80. The fourth-order valence-electron chi connectivity index (χ4n) is 3.22. The van der Waals surface area contributed by atoms with Crippen LogP contribution in [0, 0.1) is 0 Å². The first-order valence-corrected chi connectivity index (χ1v) is 9.35. The molecule has 1 unspecified atom stereocenters. The Morgan fingerprint density at radius 1 is 1.10 bits per heavy atom. The molecule has 0 bridgehead atoms. The van der Waals surface area contributed by atoms with Gasteiger partial charge in [-0.2, -0.15) is 0 Å². The van der Waals surface area contributed by atoms with E-state index in [4.69, 9.17) is 10.5 Å². The summed E-state index contributed by atoms with van der Waals surface area (Å²) in [5.74, 6) is 0.118. The van der Waals surface area contributed by atoms with Gasteiger partial charge in [0.2, 0.25) is 6.30 Å². The molecule has 3 rings (SSSR count). The van der Waals surface area contributed by atoms with Gasteiger partial charge in [-0.05, 0) is 25.7 Å². The molecule has 12 heteroatoms. The van der Waals surface area contributed by atoms with E-state index in [0.717, 1.165) is 0 Å². The quantitative estimate of drug-likeness (QED) is 0.682. The van der Waals surface area contributed by atoms with Crippen LogP contribution in [0.2, 0.25) is 0 Å². The minimum Gasteiger partial charge on any atom is -0.467 e. The zero-order valence-electron chi connectivity index (χ0n) is 16.2. The summed E-state index contributed by atoms with van der Waals surface area (Å²) in [5, 5.41) is 1.68. The summed E-state index contributed by atoms with van der Waals surface area (Å²) >= 11 is 0. The van der Waals surface area contributed by atoms with Crippen LogP contribution < -0.4 is 20.7 Å². The topological polar surface area (TPSA) is 119 Å². The zero-order chi connectivity index (χ0) is 21.7. The zero-order valence-corrected chi connectivity index (χ0v) is 16.2. The summed E-state index contributed by atoms with van der Waals surface area (Å²) in [4.78, 5) is 30.2. The van der Waals surface area contributed by atoms with E-state index in [1.165, 1.54) is 36.8 Å². The van der Waals surface area contributed by atoms with E-state index >= 15 is 0 Å². The lowest BCUT2D eigenvalue weighted by molar-refractivity contribution is 0.0372. The molecule has 2 aromatic rings. The van der Waals surface area contributed by atoms with Crippen molar-refractivity contribution in [3.05, 3.63) is 24.8 Å². The Labute approximate surface area is 170 Å². The van der Waals surface area contributed by atoms with Crippen molar-refractivity contribution in [2.45, 2.75) is 50.5 Å². The van der Waals surface area contributed by atoms with Crippen LogP contribution in [-0.4, -0.2) is 57.9 Å². The Kier molecular flexibility index (Phi) is 6.98. The molecule has 3 N–H and O–H groups in total. The van der Waals surface area contributed by atoms with Crippen molar-refractivity contribution >= 4 is 11.8 Å². The van der Waals surface area contributed by atoms with Gasteiger partial charge >= 0.3 is 12.0 Å². The molecule has 0 aliphatic heterocycles. The summed E-state index contributed by atoms with van der Waals surface area (Å²) in [7, 11) is 1.44. The van der Waals surface area contributed by atoms with E-state index in [-0.39, 0.29) is 23.9 Å². The number of aromatic nitrogens is 4. The van der Waals surface area contributed by atoms with Gasteiger partial charge in [0.25, 0.3) is 6.43 Å². The van der Waals surface area contributed by atoms with Crippen LogP contribution in [0.1, 0.15) is 25.7 Å². The van der Waals surface area contributed by atoms with Gasteiger partial charge in [-0.3, -0.25) is 9.88 Å². The molecular formula is C18H22F3N7O2. The van der Waals surface area contributed by atoms with Crippen molar-refractivity contribution in [3.8, 4) is 17.3 Å². The number of methoxy groups -OCH3 is 1. The van der Waals surface area contributed by atoms with Gasteiger partial charge in [-0.1, -0.05) is 0 Å². The van der Waals surface area contributed by atoms with Crippen molar-refractivity contribution in [1.29, 1.82) is 0 Å². The molecule has 1 saturated carbocycles. The molecule has 0 radical (unpaired) electrons. The first kappa shape index (κ1) is 21.7. The number of nitrogens with one attached hydrogen (secondary N) is 1. The lowest BCUT2D eigenvalue weighted by Gasteiger charge is -2.35. The molecule has 1 fully saturated rings. The maximum atomic E-state index is 13.4. The van der Waals surface area contributed by atoms with E-state index < -0.39 is 18.8 Å². The fraction of sp³-hybridized carbons (Fsp3) is 0.500. The molecular weight excluding hydrogens is 403 g/mol. The average molecular weight is 425 g/mol. The fourth-order valence-corrected chi connectivity index (χ4v) is 3.22. The Hall–Kier alpha value is -3.02. The maximum absolute atomic E-state index is 13.4. The van der Waals surface area contributed by atoms with Crippen LogP contribution in [0.15, 0.2) is 24.8 Å². The molecule has 162 valence electrons. The number of hydrogen-bond acceptors (Lipinski definition) is 7. The standard InChI is InChI=1S/C18H22F3N7O2/c1-30-17-25-6-10(7-26-17)13-8-24-14(9-23-13)28(12-4-2-11(22)3-5-12)18(29)27-16(21)15(19)20/h6-9,11-12,15-16H,2-5,22H2,1H3,(H,27,29). The molecule has 9 nitrogen and oxygen atoms in total. The average Bonchev–Trinajstić information content (AvgIpc) is 2.76. The molecule has 2 heterocycles. The van der Waals surface area contributed by atoms with E-state index in [0.29, 0.717) is 36.9 Å². The Morgan fingerprint density at radius 2 is 1.77 bits per heavy atom. The lowest BCUT2D eigenvalue weighted by Crippen LogP contribution is -2.52. The van der Waals surface area contributed by atoms with Crippen LogP contribution in [-0.2, 0) is 0 Å². The van der Waals surface area contributed by atoms with Gasteiger partial charge in [0.15, 0.2) is 5.82 Å². The summed E-state index contributed by atoms with van der Waals surface area (Å²) < 4.78 is 43.5. The highest BCUT2D eigenvalue weighted by Crippen LogP contribution is 2.27. The Morgan fingerprint density at radius 3 is 2.30 bits per heavy atom. The predicted octanol–water partition coefficient (Wildman–Crippen LogP) is 2.29. The summed E-state index contributed by atoms with van der Waals surface area (Å²) in [6.45, 7) is 0. The molecule has 0 spiro atoms. The molecule has 1 aliphatic carbocycles. The van der Waals surface area contributed by atoms with Gasteiger partial charge in [0.05, 0.1) is 25.2 Å². The number of carbonyl (C=O) groups excluding carboxylic acids is 1. The first-order chi connectivity index (χ1) is 14.4. The monoisotopic (exact) mass is 425 g/mol. The Balaban J connectivity index is 1.83. The second-order valence-electron chi connectivity index (χ2n) is 6.84. The van der Waals surface area contributed by atoms with E-state index in [1.807, 2.05) is 0 Å². The second-order valence-corrected chi connectivity index (χ2v) is 6.84. The van der Waals surface area contributed by atoms with Crippen molar-refractivity contribution in [2.24, 2.45) is 5.73 Å². The number of rotatable bonds is 6. The van der Waals surface area contributed by atoms with Gasteiger partial charge in [0, 0.05) is 30.0 Å². The molecule has 0 aromatic carbocycles. The number of carbonyl (C=O) groups is 1. The summed E-state index contributed by atoms with van der Waals surface area (Å²) in [6.07, 6.45) is 1.98. The van der Waals surface area contributed by atoms with Gasteiger partial charge in [0.1, 0.15) is 0 Å². The molecule has 1 aliphatic rings. The maximum Gasteiger partial charge on any atom is 0.325 e. The van der Waals surface area contributed by atoms with E-state index in [2.05, 4.69) is 19.9 Å². The van der Waals surface area contributed by atoms with Crippen molar-refractivity contribution in [2.75, 3.05) is 12.0 Å². The van der Waals surface area contributed by atoms with Crippen LogP contribution >= 0.6 is 0 Å². The van der Waals surface area contributed by atoms with Crippen molar-refractivity contribution in [1.82, 2.24) is 25.3 Å². The molecule has 30 heavy (non-hydrogen) atoms. The number of anilines is 1. The van der Waals surface area contributed by atoms with Crippen LogP contribution in [0.5, 0.6) is 6.01 Å². The number of ether oxygens (including phenoxy) is 1. The smallest absolute Gasteiger partial charge is 0.325 e. The number of halogens is 3. The molecule has 1 atom stereocenters. The largest absolute Gasteiger partial charge is 0.467 e. The highest BCUT2D eigenvalue weighted by atomic mass is 19.3. The third-order valence-corrected chi connectivity index (χ3v) is 4.80.